The quantitative estimate of drug-likeness (QED) is 0.838. The van der Waals surface area contributed by atoms with Gasteiger partial charge in [-0.25, -0.2) is 10.2 Å². The van der Waals surface area contributed by atoms with E-state index in [1.165, 1.54) is 10.4 Å². The molecule has 0 saturated carbocycles. The van der Waals surface area contributed by atoms with Crippen LogP contribution in [0.15, 0.2) is 46.9 Å². The molecule has 2 N–H and O–H groups in total. The van der Waals surface area contributed by atoms with Crippen LogP contribution in [0, 0.1) is 0 Å². The zero-order valence-corrected chi connectivity index (χ0v) is 12.5. The third-order valence-corrected chi connectivity index (χ3v) is 4.43. The van der Waals surface area contributed by atoms with Crippen molar-refractivity contribution < 1.29 is 4.79 Å². The van der Waals surface area contributed by atoms with Crippen LogP contribution < -0.4 is 10.7 Å². The number of hydrogen-bond acceptors (Lipinski definition) is 3. The summed E-state index contributed by atoms with van der Waals surface area (Å²) in [5, 5.41) is 9.10. The summed E-state index contributed by atoms with van der Waals surface area (Å²) in [5.41, 5.74) is 6.00. The number of fused-ring (bicyclic) bond motifs is 1. The van der Waals surface area contributed by atoms with E-state index in [0.717, 1.165) is 30.5 Å². The molecule has 108 valence electrons. The average molecular weight is 299 g/mol. The summed E-state index contributed by atoms with van der Waals surface area (Å²) in [6, 6.07) is 12.0. The maximum Gasteiger partial charge on any atom is 0.335 e. The Morgan fingerprint density at radius 1 is 1.19 bits per heavy atom. The molecule has 1 aliphatic rings. The van der Waals surface area contributed by atoms with Crippen LogP contribution in [0.2, 0.25) is 0 Å². The van der Waals surface area contributed by atoms with Gasteiger partial charge in [-0.3, -0.25) is 0 Å². The van der Waals surface area contributed by atoms with E-state index in [9.17, 15) is 4.79 Å². The van der Waals surface area contributed by atoms with Gasteiger partial charge in [0.25, 0.3) is 0 Å². The van der Waals surface area contributed by atoms with E-state index in [4.69, 9.17) is 0 Å². The number of thiophene rings is 1. The second-order valence-electron chi connectivity index (χ2n) is 4.91. The second-order valence-corrected chi connectivity index (χ2v) is 5.94. The molecule has 0 radical (unpaired) electrons. The molecular formula is C16H17N3OS. The zero-order valence-electron chi connectivity index (χ0n) is 11.6. The molecule has 21 heavy (non-hydrogen) atoms. The second kappa shape index (κ2) is 6.54. The van der Waals surface area contributed by atoms with E-state index in [1.807, 2.05) is 23.6 Å². The summed E-state index contributed by atoms with van der Waals surface area (Å²) in [4.78, 5) is 13.0. The largest absolute Gasteiger partial charge is 0.336 e. The summed E-state index contributed by atoms with van der Waals surface area (Å²) < 4.78 is 0. The summed E-state index contributed by atoms with van der Waals surface area (Å²) in [6.45, 7) is 0.619. The Labute approximate surface area is 127 Å². The molecule has 4 nitrogen and oxygen atoms in total. The van der Waals surface area contributed by atoms with Gasteiger partial charge in [-0.05, 0) is 36.3 Å². The van der Waals surface area contributed by atoms with Gasteiger partial charge in [0, 0.05) is 17.0 Å². The van der Waals surface area contributed by atoms with Crippen LogP contribution >= 0.6 is 11.3 Å². The SMILES string of the molecule is O=C(NCCc1cccs1)NN=C1CCc2ccccc21. The standard InChI is InChI=1S/C16H17N3OS/c20-16(17-10-9-13-5-3-11-21-13)19-18-15-8-7-12-4-1-2-6-14(12)15/h1-6,11H,7-10H2,(H2,17,19,20). The molecule has 0 saturated heterocycles. The Bertz CT molecular complexity index is 649. The number of hydrazone groups is 1. The van der Waals surface area contributed by atoms with Gasteiger partial charge in [0.1, 0.15) is 0 Å². The summed E-state index contributed by atoms with van der Waals surface area (Å²) in [5.74, 6) is 0. The minimum atomic E-state index is -0.247. The molecule has 1 aromatic carbocycles. The highest BCUT2D eigenvalue weighted by Gasteiger charge is 2.16. The first-order chi connectivity index (χ1) is 10.3. The fourth-order valence-corrected chi connectivity index (χ4v) is 3.14. The van der Waals surface area contributed by atoms with E-state index in [2.05, 4.69) is 34.0 Å². The predicted octanol–water partition coefficient (Wildman–Crippen LogP) is 2.94. The smallest absolute Gasteiger partial charge is 0.335 e. The summed E-state index contributed by atoms with van der Waals surface area (Å²) >= 11 is 1.70. The molecule has 0 aliphatic heterocycles. The number of urea groups is 1. The number of nitrogens with one attached hydrogen (secondary N) is 2. The molecule has 2 aromatic rings. The molecule has 0 spiro atoms. The molecule has 1 heterocycles. The molecule has 1 aromatic heterocycles. The van der Waals surface area contributed by atoms with E-state index in [0.29, 0.717) is 6.54 Å². The number of benzene rings is 1. The number of amides is 2. The van der Waals surface area contributed by atoms with Crippen LogP contribution in [0.5, 0.6) is 0 Å². The Balaban J connectivity index is 1.49. The summed E-state index contributed by atoms with van der Waals surface area (Å²) in [7, 11) is 0. The molecule has 3 rings (SSSR count). The zero-order chi connectivity index (χ0) is 14.5. The Morgan fingerprint density at radius 2 is 2.10 bits per heavy atom. The molecule has 1 aliphatic carbocycles. The van der Waals surface area contributed by atoms with E-state index in [-0.39, 0.29) is 6.03 Å². The van der Waals surface area contributed by atoms with Crippen LogP contribution in [-0.4, -0.2) is 18.3 Å². The molecule has 0 unspecified atom stereocenters. The van der Waals surface area contributed by atoms with Crippen LogP contribution in [-0.2, 0) is 12.8 Å². The number of carbonyl (C=O) groups is 1. The van der Waals surface area contributed by atoms with Crippen LogP contribution in [0.3, 0.4) is 0 Å². The number of aryl methyl sites for hydroxylation is 1. The Morgan fingerprint density at radius 3 is 2.95 bits per heavy atom. The molecule has 0 atom stereocenters. The van der Waals surface area contributed by atoms with Crippen LogP contribution in [0.4, 0.5) is 4.79 Å². The topological polar surface area (TPSA) is 53.5 Å². The highest BCUT2D eigenvalue weighted by molar-refractivity contribution is 7.09. The van der Waals surface area contributed by atoms with Gasteiger partial charge in [0.05, 0.1) is 5.71 Å². The first-order valence-corrected chi connectivity index (χ1v) is 7.92. The lowest BCUT2D eigenvalue weighted by Crippen LogP contribution is -2.34. The fourth-order valence-electron chi connectivity index (χ4n) is 2.44. The maximum atomic E-state index is 11.7. The summed E-state index contributed by atoms with van der Waals surface area (Å²) in [6.07, 6.45) is 2.73. The van der Waals surface area contributed by atoms with E-state index >= 15 is 0 Å². The number of hydrogen-bond donors (Lipinski definition) is 2. The van der Waals surface area contributed by atoms with Crippen molar-refractivity contribution in [2.75, 3.05) is 6.54 Å². The van der Waals surface area contributed by atoms with Gasteiger partial charge in [-0.2, -0.15) is 5.10 Å². The van der Waals surface area contributed by atoms with Crippen molar-refractivity contribution in [2.45, 2.75) is 19.3 Å². The normalized spacial score (nSPS) is 15.0. The highest BCUT2D eigenvalue weighted by atomic mass is 32.1. The first kappa shape index (κ1) is 13.8. The van der Waals surface area contributed by atoms with E-state index in [1.54, 1.807) is 11.3 Å². The van der Waals surface area contributed by atoms with Gasteiger partial charge in [0.2, 0.25) is 0 Å². The van der Waals surface area contributed by atoms with Crippen molar-refractivity contribution >= 4 is 23.1 Å². The Kier molecular flexibility index (Phi) is 4.31. The minimum Gasteiger partial charge on any atom is -0.336 e. The number of nitrogens with zero attached hydrogens (tertiary/aromatic N) is 1. The maximum absolute atomic E-state index is 11.7. The average Bonchev–Trinajstić information content (AvgIpc) is 3.14. The third kappa shape index (κ3) is 3.49. The monoisotopic (exact) mass is 299 g/mol. The highest BCUT2D eigenvalue weighted by Crippen LogP contribution is 2.21. The Hall–Kier alpha value is -2.14. The van der Waals surface area contributed by atoms with Gasteiger partial charge in [0.15, 0.2) is 0 Å². The first-order valence-electron chi connectivity index (χ1n) is 7.04. The lowest BCUT2D eigenvalue weighted by atomic mass is 10.1. The minimum absolute atomic E-state index is 0.247. The lowest BCUT2D eigenvalue weighted by molar-refractivity contribution is 0.241. The van der Waals surface area contributed by atoms with Gasteiger partial charge in [-0.1, -0.05) is 30.3 Å². The molecule has 2 amide bonds. The van der Waals surface area contributed by atoms with Crippen molar-refractivity contribution in [3.8, 4) is 0 Å². The molecule has 0 bridgehead atoms. The van der Waals surface area contributed by atoms with Crippen molar-refractivity contribution in [3.63, 3.8) is 0 Å². The van der Waals surface area contributed by atoms with E-state index < -0.39 is 0 Å². The molecule has 5 heteroatoms. The lowest BCUT2D eigenvalue weighted by Gasteiger charge is -2.04. The predicted molar refractivity (Wildman–Crippen MR) is 85.9 cm³/mol. The third-order valence-electron chi connectivity index (χ3n) is 3.49. The van der Waals surface area contributed by atoms with Crippen molar-refractivity contribution in [2.24, 2.45) is 5.10 Å². The van der Waals surface area contributed by atoms with Crippen LogP contribution in [0.25, 0.3) is 0 Å². The van der Waals surface area contributed by atoms with Gasteiger partial charge >= 0.3 is 6.03 Å². The van der Waals surface area contributed by atoms with Crippen LogP contribution in [0.1, 0.15) is 22.4 Å². The molecular weight excluding hydrogens is 282 g/mol. The molecule has 0 fully saturated rings. The van der Waals surface area contributed by atoms with Crippen molar-refractivity contribution in [1.29, 1.82) is 0 Å². The number of carbonyl (C=O) groups excluding carboxylic acids is 1. The van der Waals surface area contributed by atoms with Crippen molar-refractivity contribution in [1.82, 2.24) is 10.7 Å². The fraction of sp³-hybridized carbons (Fsp3) is 0.250. The van der Waals surface area contributed by atoms with Gasteiger partial charge < -0.3 is 5.32 Å². The number of rotatable bonds is 4. The van der Waals surface area contributed by atoms with Gasteiger partial charge in [-0.15, -0.1) is 11.3 Å². The van der Waals surface area contributed by atoms with Crippen molar-refractivity contribution in [3.05, 3.63) is 57.8 Å².